The van der Waals surface area contributed by atoms with Crippen molar-refractivity contribution in [1.82, 2.24) is 20.1 Å². The molecule has 1 amide bonds. The van der Waals surface area contributed by atoms with Gasteiger partial charge < -0.3 is 5.32 Å². The van der Waals surface area contributed by atoms with Crippen LogP contribution in [0.25, 0.3) is 17.1 Å². The Morgan fingerprint density at radius 2 is 1.79 bits per heavy atom. The molecule has 0 atom stereocenters. The van der Waals surface area contributed by atoms with Gasteiger partial charge in [0.1, 0.15) is 0 Å². The number of nitrogens with zero attached hydrogens (tertiary/aromatic N) is 3. The van der Waals surface area contributed by atoms with E-state index in [1.165, 1.54) is 5.56 Å². The van der Waals surface area contributed by atoms with Crippen LogP contribution in [0, 0.1) is 6.92 Å². The van der Waals surface area contributed by atoms with Crippen LogP contribution < -0.4 is 5.32 Å². The van der Waals surface area contributed by atoms with E-state index < -0.39 is 0 Å². The van der Waals surface area contributed by atoms with Crippen LogP contribution in [0.1, 0.15) is 38.2 Å². The highest BCUT2D eigenvalue weighted by Gasteiger charge is 2.16. The van der Waals surface area contributed by atoms with Gasteiger partial charge >= 0.3 is 0 Å². The van der Waals surface area contributed by atoms with Crippen molar-refractivity contribution in [2.24, 2.45) is 0 Å². The first kappa shape index (κ1) is 21.1. The van der Waals surface area contributed by atoms with Crippen LogP contribution in [0.2, 0.25) is 0 Å². The molecule has 6 heteroatoms. The first-order valence-corrected chi connectivity index (χ1v) is 11.1. The molecule has 3 rings (SSSR count). The highest BCUT2D eigenvalue weighted by atomic mass is 32.2. The zero-order valence-corrected chi connectivity index (χ0v) is 17.9. The van der Waals surface area contributed by atoms with Crippen molar-refractivity contribution in [1.29, 1.82) is 0 Å². The van der Waals surface area contributed by atoms with Gasteiger partial charge in [-0.1, -0.05) is 66.7 Å². The smallest absolute Gasteiger partial charge is 0.219 e. The number of para-hydroxylation sites is 1. The third-order valence-corrected chi connectivity index (χ3v) is 5.57. The number of benzene rings is 2. The molecular formula is C23H28N4OS. The predicted octanol–water partition coefficient (Wildman–Crippen LogP) is 5.03. The number of hydrogen-bond acceptors (Lipinski definition) is 4. The van der Waals surface area contributed by atoms with E-state index in [1.54, 1.807) is 11.8 Å². The maximum atomic E-state index is 11.7. The van der Waals surface area contributed by atoms with Gasteiger partial charge in [-0.25, -0.2) is 0 Å². The van der Waals surface area contributed by atoms with Gasteiger partial charge in [-0.3, -0.25) is 9.36 Å². The molecule has 0 saturated carbocycles. The number of aryl methyl sites for hydroxylation is 1. The lowest BCUT2D eigenvalue weighted by Crippen LogP contribution is -2.23. The number of aromatic nitrogens is 3. The molecule has 0 aliphatic rings. The Balaban J connectivity index is 1.69. The Kier molecular flexibility index (Phi) is 7.87. The quantitative estimate of drug-likeness (QED) is 0.377. The van der Waals surface area contributed by atoms with Crippen LogP contribution in [0.3, 0.4) is 0 Å². The average molecular weight is 409 g/mol. The standard InChI is InChI=1S/C23H28N4OS/c1-3-16-24-21(28)11-7-8-17-29-23-26-25-22(19-14-12-18(2)13-15-19)27(23)20-9-5-4-6-10-20/h4-6,9-10,12-15H,3,7-8,11,16-17H2,1-2H3,(H,24,28). The molecule has 2 aromatic carbocycles. The van der Waals surface area contributed by atoms with Crippen molar-refractivity contribution in [2.75, 3.05) is 12.3 Å². The Hall–Kier alpha value is -2.60. The predicted molar refractivity (Wildman–Crippen MR) is 119 cm³/mol. The molecule has 5 nitrogen and oxygen atoms in total. The first-order chi connectivity index (χ1) is 14.2. The van der Waals surface area contributed by atoms with E-state index in [-0.39, 0.29) is 5.91 Å². The van der Waals surface area contributed by atoms with E-state index in [1.807, 2.05) is 18.2 Å². The molecule has 3 aromatic rings. The SMILES string of the molecule is CCCNC(=O)CCCCSc1nnc(-c2ccc(C)cc2)n1-c1ccccc1. The van der Waals surface area contributed by atoms with Gasteiger partial charge in [-0.2, -0.15) is 0 Å². The Bertz CT molecular complexity index is 906. The molecule has 0 spiro atoms. The van der Waals surface area contributed by atoms with Gasteiger partial charge in [0.15, 0.2) is 11.0 Å². The molecule has 1 N–H and O–H groups in total. The van der Waals surface area contributed by atoms with Crippen LogP contribution in [0.15, 0.2) is 59.8 Å². The first-order valence-electron chi connectivity index (χ1n) is 10.2. The van der Waals surface area contributed by atoms with Crippen molar-refractivity contribution in [3.8, 4) is 17.1 Å². The monoisotopic (exact) mass is 408 g/mol. The largest absolute Gasteiger partial charge is 0.356 e. The second-order valence-corrected chi connectivity index (χ2v) is 8.06. The summed E-state index contributed by atoms with van der Waals surface area (Å²) < 4.78 is 2.11. The summed E-state index contributed by atoms with van der Waals surface area (Å²) in [6.07, 6.45) is 3.40. The van der Waals surface area contributed by atoms with E-state index >= 15 is 0 Å². The molecule has 0 bridgehead atoms. The van der Waals surface area contributed by atoms with Gasteiger partial charge in [0.05, 0.1) is 0 Å². The topological polar surface area (TPSA) is 59.8 Å². The van der Waals surface area contributed by atoms with Crippen molar-refractivity contribution in [3.05, 3.63) is 60.2 Å². The summed E-state index contributed by atoms with van der Waals surface area (Å²) in [5, 5.41) is 12.7. The normalized spacial score (nSPS) is 10.8. The number of thioether (sulfide) groups is 1. The number of hydrogen-bond donors (Lipinski definition) is 1. The summed E-state index contributed by atoms with van der Waals surface area (Å²) in [4.78, 5) is 11.7. The van der Waals surface area contributed by atoms with Crippen LogP contribution in [-0.4, -0.2) is 33.0 Å². The number of rotatable bonds is 10. The zero-order valence-electron chi connectivity index (χ0n) is 17.1. The molecule has 1 heterocycles. The van der Waals surface area contributed by atoms with Crippen molar-refractivity contribution in [2.45, 2.75) is 44.7 Å². The van der Waals surface area contributed by atoms with Crippen LogP contribution in [0.5, 0.6) is 0 Å². The van der Waals surface area contributed by atoms with Crippen molar-refractivity contribution >= 4 is 17.7 Å². The lowest BCUT2D eigenvalue weighted by atomic mass is 10.1. The fourth-order valence-corrected chi connectivity index (χ4v) is 3.92. The van der Waals surface area contributed by atoms with E-state index in [0.29, 0.717) is 6.42 Å². The summed E-state index contributed by atoms with van der Waals surface area (Å²) in [5.41, 5.74) is 3.32. The molecule has 0 aliphatic heterocycles. The fraction of sp³-hybridized carbons (Fsp3) is 0.348. The molecule has 29 heavy (non-hydrogen) atoms. The summed E-state index contributed by atoms with van der Waals surface area (Å²) in [5.74, 6) is 1.89. The van der Waals surface area contributed by atoms with Gasteiger partial charge in [0.2, 0.25) is 5.91 Å². The maximum Gasteiger partial charge on any atom is 0.219 e. The molecular weight excluding hydrogens is 380 g/mol. The number of carbonyl (C=O) groups is 1. The average Bonchev–Trinajstić information content (AvgIpc) is 3.17. The third-order valence-electron chi connectivity index (χ3n) is 4.56. The summed E-state index contributed by atoms with van der Waals surface area (Å²) >= 11 is 1.69. The summed E-state index contributed by atoms with van der Waals surface area (Å²) in [6, 6.07) is 18.6. The van der Waals surface area contributed by atoms with Gasteiger partial charge in [-0.15, -0.1) is 10.2 Å². The fourth-order valence-electron chi connectivity index (χ4n) is 2.97. The summed E-state index contributed by atoms with van der Waals surface area (Å²) in [7, 11) is 0. The van der Waals surface area contributed by atoms with Gasteiger partial charge in [-0.05, 0) is 38.3 Å². The zero-order chi connectivity index (χ0) is 20.5. The van der Waals surface area contributed by atoms with E-state index in [0.717, 1.165) is 53.8 Å². The van der Waals surface area contributed by atoms with Crippen LogP contribution in [-0.2, 0) is 4.79 Å². The minimum absolute atomic E-state index is 0.144. The molecule has 1 aromatic heterocycles. The lowest BCUT2D eigenvalue weighted by molar-refractivity contribution is -0.121. The molecule has 0 unspecified atom stereocenters. The van der Waals surface area contributed by atoms with Crippen molar-refractivity contribution < 1.29 is 4.79 Å². The lowest BCUT2D eigenvalue weighted by Gasteiger charge is -2.10. The Morgan fingerprint density at radius 1 is 1.03 bits per heavy atom. The second-order valence-electron chi connectivity index (χ2n) is 7.00. The Morgan fingerprint density at radius 3 is 2.52 bits per heavy atom. The van der Waals surface area contributed by atoms with E-state index in [4.69, 9.17) is 0 Å². The minimum Gasteiger partial charge on any atom is -0.356 e. The highest BCUT2D eigenvalue weighted by Crippen LogP contribution is 2.28. The molecule has 0 fully saturated rings. The molecule has 0 aliphatic carbocycles. The number of nitrogens with one attached hydrogen (secondary N) is 1. The molecule has 0 radical (unpaired) electrons. The second kappa shape index (κ2) is 10.8. The van der Waals surface area contributed by atoms with E-state index in [2.05, 4.69) is 70.3 Å². The van der Waals surface area contributed by atoms with Gasteiger partial charge in [0, 0.05) is 30.0 Å². The molecule has 152 valence electrons. The molecule has 0 saturated heterocycles. The summed E-state index contributed by atoms with van der Waals surface area (Å²) in [6.45, 7) is 4.90. The van der Waals surface area contributed by atoms with Crippen molar-refractivity contribution in [3.63, 3.8) is 0 Å². The third kappa shape index (κ3) is 5.94. The highest BCUT2D eigenvalue weighted by molar-refractivity contribution is 7.99. The van der Waals surface area contributed by atoms with E-state index in [9.17, 15) is 4.79 Å². The van der Waals surface area contributed by atoms with Crippen LogP contribution in [0.4, 0.5) is 0 Å². The Labute approximate surface area is 176 Å². The number of carbonyl (C=O) groups excluding carboxylic acids is 1. The van der Waals surface area contributed by atoms with Crippen LogP contribution >= 0.6 is 11.8 Å². The number of unbranched alkanes of at least 4 members (excludes halogenated alkanes) is 1. The maximum absolute atomic E-state index is 11.7. The minimum atomic E-state index is 0.144. The van der Waals surface area contributed by atoms with Gasteiger partial charge in [0.25, 0.3) is 0 Å². The number of amides is 1.